The molecule has 7 nitrogen and oxygen atoms in total. The van der Waals surface area contributed by atoms with Crippen LogP contribution in [-0.4, -0.2) is 35.0 Å². The highest BCUT2D eigenvalue weighted by atomic mass is 32.2. The first-order chi connectivity index (χ1) is 8.91. The summed E-state index contributed by atoms with van der Waals surface area (Å²) >= 11 is 0. The number of aryl methyl sites for hydroxylation is 1. The van der Waals surface area contributed by atoms with Crippen molar-refractivity contribution in [3.8, 4) is 0 Å². The lowest BCUT2D eigenvalue weighted by atomic mass is 10.3. The quantitative estimate of drug-likeness (QED) is 0.795. The summed E-state index contributed by atoms with van der Waals surface area (Å²) in [5.41, 5.74) is 5.92. The highest BCUT2D eigenvalue weighted by Crippen LogP contribution is 2.21. The number of anilines is 1. The van der Waals surface area contributed by atoms with Crippen molar-refractivity contribution in [2.45, 2.75) is 18.4 Å². The summed E-state index contributed by atoms with van der Waals surface area (Å²) in [6, 6.07) is 6.35. The lowest BCUT2D eigenvalue weighted by Crippen LogP contribution is -2.27. The van der Waals surface area contributed by atoms with Crippen LogP contribution in [0.5, 0.6) is 0 Å². The second-order valence-corrected chi connectivity index (χ2v) is 6.15. The number of rotatable bonds is 4. The number of para-hydroxylation sites is 1. The van der Waals surface area contributed by atoms with Crippen molar-refractivity contribution < 1.29 is 8.42 Å². The Kier molecular flexibility index (Phi) is 3.54. The van der Waals surface area contributed by atoms with E-state index in [9.17, 15) is 8.42 Å². The van der Waals surface area contributed by atoms with E-state index >= 15 is 0 Å². The van der Waals surface area contributed by atoms with Gasteiger partial charge in [-0.3, -0.25) is 5.10 Å². The number of hydrogen-bond donors (Lipinski definition) is 2. The molecule has 3 N–H and O–H groups in total. The molecule has 1 aromatic carbocycles. The van der Waals surface area contributed by atoms with Gasteiger partial charge in [-0.05, 0) is 19.1 Å². The van der Waals surface area contributed by atoms with Crippen molar-refractivity contribution in [3.63, 3.8) is 0 Å². The molecule has 0 radical (unpaired) electrons. The zero-order chi connectivity index (χ0) is 14.0. The first-order valence-electron chi connectivity index (χ1n) is 5.60. The maximum Gasteiger partial charge on any atom is 0.245 e. The average Bonchev–Trinajstić information content (AvgIpc) is 2.75. The number of H-pyrrole nitrogens is 1. The number of hydrogen-bond acceptors (Lipinski definition) is 5. The lowest BCUT2D eigenvalue weighted by molar-refractivity contribution is 0.457. The minimum absolute atomic E-state index is 0.0843. The normalized spacial score (nSPS) is 11.9. The Morgan fingerprint density at radius 3 is 2.63 bits per heavy atom. The topological polar surface area (TPSA) is 105 Å². The van der Waals surface area contributed by atoms with Crippen LogP contribution in [0.1, 0.15) is 11.6 Å². The molecule has 0 saturated heterocycles. The molecular formula is C11H15N5O2S. The number of aromatic amines is 1. The molecule has 0 spiro atoms. The van der Waals surface area contributed by atoms with E-state index in [0.29, 0.717) is 11.6 Å². The molecule has 0 aliphatic rings. The third-order valence-electron chi connectivity index (χ3n) is 2.61. The molecule has 1 heterocycles. The lowest BCUT2D eigenvalue weighted by Gasteiger charge is -2.16. The fourth-order valence-electron chi connectivity index (χ4n) is 1.63. The summed E-state index contributed by atoms with van der Waals surface area (Å²) in [7, 11) is -2.18. The number of nitrogens with two attached hydrogens (primary N) is 1. The standard InChI is InChI=1S/C11H15N5O2S/c1-8-13-11(15-14-8)7-16(2)19(17,18)10-6-4-3-5-9(10)12/h3-6H,7,12H2,1-2H3,(H,13,14,15). The molecule has 0 aliphatic heterocycles. The Hall–Kier alpha value is -1.93. The van der Waals surface area contributed by atoms with E-state index < -0.39 is 10.0 Å². The van der Waals surface area contributed by atoms with E-state index in [1.54, 1.807) is 25.1 Å². The summed E-state index contributed by atoms with van der Waals surface area (Å²) in [6.07, 6.45) is 0. The van der Waals surface area contributed by atoms with Crippen LogP contribution in [-0.2, 0) is 16.6 Å². The monoisotopic (exact) mass is 281 g/mol. The van der Waals surface area contributed by atoms with E-state index in [-0.39, 0.29) is 17.1 Å². The van der Waals surface area contributed by atoms with Gasteiger partial charge in [0.2, 0.25) is 10.0 Å². The van der Waals surface area contributed by atoms with Crippen LogP contribution in [0.25, 0.3) is 0 Å². The summed E-state index contributed by atoms with van der Waals surface area (Å²) < 4.78 is 25.9. The largest absolute Gasteiger partial charge is 0.398 e. The highest BCUT2D eigenvalue weighted by Gasteiger charge is 2.24. The van der Waals surface area contributed by atoms with Gasteiger partial charge in [0.05, 0.1) is 12.2 Å². The van der Waals surface area contributed by atoms with Gasteiger partial charge in [0.15, 0.2) is 5.82 Å². The molecule has 102 valence electrons. The summed E-state index contributed by atoms with van der Waals surface area (Å²) in [4.78, 5) is 4.16. The van der Waals surface area contributed by atoms with Gasteiger partial charge in [-0.2, -0.15) is 9.40 Å². The molecule has 1 aromatic heterocycles. The number of nitrogens with one attached hydrogen (secondary N) is 1. The first kappa shape index (κ1) is 13.5. The third kappa shape index (κ3) is 2.74. The van der Waals surface area contributed by atoms with Gasteiger partial charge in [-0.15, -0.1) is 0 Å². The van der Waals surface area contributed by atoms with Crippen LogP contribution in [0.2, 0.25) is 0 Å². The van der Waals surface area contributed by atoms with Gasteiger partial charge in [0.25, 0.3) is 0 Å². The van der Waals surface area contributed by atoms with Crippen molar-refractivity contribution in [2.75, 3.05) is 12.8 Å². The van der Waals surface area contributed by atoms with E-state index in [2.05, 4.69) is 15.2 Å². The summed E-state index contributed by atoms with van der Waals surface area (Å²) in [5, 5.41) is 6.58. The smallest absolute Gasteiger partial charge is 0.245 e. The van der Waals surface area contributed by atoms with Gasteiger partial charge < -0.3 is 5.73 Å². The van der Waals surface area contributed by atoms with Gasteiger partial charge >= 0.3 is 0 Å². The number of sulfonamides is 1. The minimum Gasteiger partial charge on any atom is -0.398 e. The van der Waals surface area contributed by atoms with E-state index in [4.69, 9.17) is 5.73 Å². The van der Waals surface area contributed by atoms with Crippen molar-refractivity contribution in [3.05, 3.63) is 35.9 Å². The fourth-order valence-corrected chi connectivity index (χ4v) is 2.86. The molecule has 8 heteroatoms. The Labute approximate surface area is 111 Å². The van der Waals surface area contributed by atoms with Crippen LogP contribution >= 0.6 is 0 Å². The summed E-state index contributed by atoms with van der Waals surface area (Å²) in [5.74, 6) is 1.05. The van der Waals surface area contributed by atoms with Crippen LogP contribution in [0.3, 0.4) is 0 Å². The maximum atomic E-state index is 12.3. The second kappa shape index (κ2) is 4.98. The van der Waals surface area contributed by atoms with E-state index in [0.717, 1.165) is 0 Å². The van der Waals surface area contributed by atoms with Crippen LogP contribution in [0, 0.1) is 6.92 Å². The second-order valence-electron chi connectivity index (χ2n) is 4.14. The van der Waals surface area contributed by atoms with E-state index in [1.165, 1.54) is 17.4 Å². The molecule has 0 atom stereocenters. The molecule has 0 aliphatic carbocycles. The van der Waals surface area contributed by atoms with Crippen molar-refractivity contribution in [2.24, 2.45) is 0 Å². The maximum absolute atomic E-state index is 12.3. The van der Waals surface area contributed by atoms with Crippen molar-refractivity contribution in [1.82, 2.24) is 19.5 Å². The van der Waals surface area contributed by atoms with Gasteiger partial charge in [0, 0.05) is 7.05 Å². The Morgan fingerprint density at radius 1 is 1.37 bits per heavy atom. The average molecular weight is 281 g/mol. The molecule has 2 aromatic rings. The zero-order valence-corrected chi connectivity index (χ0v) is 11.5. The van der Waals surface area contributed by atoms with Gasteiger partial charge in [-0.25, -0.2) is 13.4 Å². The molecule has 2 rings (SSSR count). The third-order valence-corrected chi connectivity index (χ3v) is 4.49. The minimum atomic E-state index is -3.64. The first-order valence-corrected chi connectivity index (χ1v) is 7.04. The van der Waals surface area contributed by atoms with Crippen molar-refractivity contribution >= 4 is 15.7 Å². The fraction of sp³-hybridized carbons (Fsp3) is 0.273. The molecule has 19 heavy (non-hydrogen) atoms. The van der Waals surface area contributed by atoms with Crippen LogP contribution in [0.4, 0.5) is 5.69 Å². The Balaban J connectivity index is 2.27. The van der Waals surface area contributed by atoms with Crippen LogP contribution in [0.15, 0.2) is 29.2 Å². The predicted octanol–water partition coefficient (Wildman–Crippen LogP) is 0.516. The molecule has 0 bridgehead atoms. The SMILES string of the molecule is Cc1nc(CN(C)S(=O)(=O)c2ccccc2N)n[nH]1. The predicted molar refractivity (Wildman–Crippen MR) is 70.6 cm³/mol. The number of benzene rings is 1. The molecule has 0 saturated carbocycles. The summed E-state index contributed by atoms with van der Waals surface area (Å²) in [6.45, 7) is 1.83. The van der Waals surface area contributed by atoms with Gasteiger partial charge in [-0.1, -0.05) is 12.1 Å². The molecular weight excluding hydrogens is 266 g/mol. The number of aromatic nitrogens is 3. The molecule has 0 fully saturated rings. The molecule has 0 amide bonds. The highest BCUT2D eigenvalue weighted by molar-refractivity contribution is 7.89. The Morgan fingerprint density at radius 2 is 2.05 bits per heavy atom. The molecule has 0 unspecified atom stereocenters. The number of nitrogens with zero attached hydrogens (tertiary/aromatic N) is 3. The van der Waals surface area contributed by atoms with Crippen molar-refractivity contribution in [1.29, 1.82) is 0 Å². The Bertz CT molecular complexity index is 680. The van der Waals surface area contributed by atoms with Crippen LogP contribution < -0.4 is 5.73 Å². The zero-order valence-electron chi connectivity index (χ0n) is 10.7. The van der Waals surface area contributed by atoms with Gasteiger partial charge in [0.1, 0.15) is 10.7 Å². The van der Waals surface area contributed by atoms with E-state index in [1.807, 2.05) is 0 Å². The number of nitrogen functional groups attached to an aromatic ring is 1.